The smallest absolute Gasteiger partial charge is 0.330 e. The zero-order valence-electron chi connectivity index (χ0n) is 16.4. The van der Waals surface area contributed by atoms with Gasteiger partial charge in [0.1, 0.15) is 0 Å². The summed E-state index contributed by atoms with van der Waals surface area (Å²) in [5.41, 5.74) is 1.33. The molecule has 0 aromatic rings. The Morgan fingerprint density at radius 1 is 1.08 bits per heavy atom. The molecular formula is C22H34O4. The van der Waals surface area contributed by atoms with Crippen LogP contribution in [-0.2, 0) is 9.53 Å². The molecule has 0 saturated heterocycles. The van der Waals surface area contributed by atoms with Gasteiger partial charge in [0.15, 0.2) is 0 Å². The zero-order chi connectivity index (χ0) is 18.7. The van der Waals surface area contributed by atoms with Gasteiger partial charge in [0.25, 0.3) is 0 Å². The van der Waals surface area contributed by atoms with Crippen LogP contribution in [0.15, 0.2) is 11.6 Å². The molecule has 4 rings (SSSR count). The van der Waals surface area contributed by atoms with E-state index < -0.39 is 0 Å². The molecule has 4 heteroatoms. The molecule has 0 aliphatic heterocycles. The maximum atomic E-state index is 11.6. The highest BCUT2D eigenvalue weighted by Gasteiger charge is 2.61. The molecule has 0 aromatic carbocycles. The van der Waals surface area contributed by atoms with E-state index in [-0.39, 0.29) is 34.9 Å². The molecule has 4 saturated carbocycles. The van der Waals surface area contributed by atoms with Gasteiger partial charge in [-0.1, -0.05) is 19.4 Å². The topological polar surface area (TPSA) is 66.8 Å². The Bertz CT molecular complexity index is 613. The quantitative estimate of drug-likeness (QED) is 0.554. The number of carbonyl (C=O) groups excluding carboxylic acids is 1. The third-order valence-electron chi connectivity index (χ3n) is 9.05. The van der Waals surface area contributed by atoms with E-state index in [9.17, 15) is 15.0 Å². The van der Waals surface area contributed by atoms with Crippen molar-refractivity contribution >= 4 is 5.97 Å². The van der Waals surface area contributed by atoms with Gasteiger partial charge >= 0.3 is 5.97 Å². The van der Waals surface area contributed by atoms with Crippen LogP contribution >= 0.6 is 0 Å². The van der Waals surface area contributed by atoms with Crippen molar-refractivity contribution in [3.8, 4) is 0 Å². The van der Waals surface area contributed by atoms with E-state index in [2.05, 4.69) is 13.8 Å². The van der Waals surface area contributed by atoms with Gasteiger partial charge in [-0.15, -0.1) is 0 Å². The summed E-state index contributed by atoms with van der Waals surface area (Å²) in [5, 5.41) is 21.6. The first-order valence-electron chi connectivity index (χ1n) is 10.4. The summed E-state index contributed by atoms with van der Waals surface area (Å²) in [4.78, 5) is 11.6. The van der Waals surface area contributed by atoms with Gasteiger partial charge in [0.05, 0.1) is 19.3 Å². The lowest BCUT2D eigenvalue weighted by Crippen LogP contribution is -2.57. The minimum Gasteiger partial charge on any atom is -0.466 e. The van der Waals surface area contributed by atoms with Gasteiger partial charge in [0.2, 0.25) is 0 Å². The molecule has 4 fully saturated rings. The molecule has 8 atom stereocenters. The van der Waals surface area contributed by atoms with Crippen molar-refractivity contribution in [1.82, 2.24) is 0 Å². The fourth-order valence-corrected chi connectivity index (χ4v) is 7.48. The molecule has 0 aromatic heterocycles. The Labute approximate surface area is 157 Å². The number of aliphatic hydroxyl groups excluding tert-OH is 2. The van der Waals surface area contributed by atoms with Crippen molar-refractivity contribution in [1.29, 1.82) is 0 Å². The molecule has 0 radical (unpaired) electrons. The van der Waals surface area contributed by atoms with Crippen LogP contribution in [0.5, 0.6) is 0 Å². The highest BCUT2D eigenvalue weighted by Crippen LogP contribution is 2.66. The summed E-state index contributed by atoms with van der Waals surface area (Å²) >= 11 is 0. The second-order valence-electron chi connectivity index (χ2n) is 9.96. The number of methoxy groups -OCH3 is 1. The Kier molecular flexibility index (Phi) is 4.51. The predicted octanol–water partition coefficient (Wildman–Crippen LogP) is 3.46. The molecule has 26 heavy (non-hydrogen) atoms. The predicted molar refractivity (Wildman–Crippen MR) is 99.2 cm³/mol. The van der Waals surface area contributed by atoms with Crippen LogP contribution in [0.3, 0.4) is 0 Å². The molecule has 0 heterocycles. The fraction of sp³-hybridized carbons (Fsp3) is 0.864. The van der Waals surface area contributed by atoms with Crippen LogP contribution in [0.1, 0.15) is 65.2 Å². The number of aliphatic hydroxyl groups is 2. The molecule has 0 spiro atoms. The number of rotatable bonds is 1. The molecule has 2 N–H and O–H groups in total. The van der Waals surface area contributed by atoms with Crippen molar-refractivity contribution in [2.45, 2.75) is 77.4 Å². The van der Waals surface area contributed by atoms with Crippen molar-refractivity contribution in [2.24, 2.45) is 34.5 Å². The highest BCUT2D eigenvalue weighted by molar-refractivity contribution is 5.82. The van der Waals surface area contributed by atoms with Crippen LogP contribution in [0.2, 0.25) is 0 Å². The van der Waals surface area contributed by atoms with E-state index >= 15 is 0 Å². The number of esters is 1. The average molecular weight is 363 g/mol. The van der Waals surface area contributed by atoms with E-state index in [4.69, 9.17) is 4.74 Å². The molecule has 4 nitrogen and oxygen atoms in total. The number of fused-ring (bicyclic) bond motifs is 5. The van der Waals surface area contributed by atoms with Crippen LogP contribution in [-0.4, -0.2) is 35.5 Å². The standard InChI is InChI=1S/C22H34O4/c1-21-8-6-13(11-20(25)26-3)10-17(21)18(23)12-14-15-4-5-19(24)22(15,2)9-7-16(14)21/h11,14-19,23-24H,4-10,12H2,1-3H3/b13-11-/t14-,15-,16-,17+,18-,19-,21+,22-/m0/s1. The molecule has 4 aliphatic rings. The Morgan fingerprint density at radius 3 is 2.54 bits per heavy atom. The highest BCUT2D eigenvalue weighted by atomic mass is 16.5. The van der Waals surface area contributed by atoms with Gasteiger partial charge in [-0.3, -0.25) is 0 Å². The first-order valence-corrected chi connectivity index (χ1v) is 10.4. The van der Waals surface area contributed by atoms with Crippen LogP contribution in [0.25, 0.3) is 0 Å². The van der Waals surface area contributed by atoms with Crippen LogP contribution in [0.4, 0.5) is 0 Å². The number of ether oxygens (including phenoxy) is 1. The molecule has 0 unspecified atom stereocenters. The normalized spacial score (nSPS) is 52.1. The summed E-state index contributed by atoms with van der Waals surface area (Å²) in [6.07, 6.45) is 9.15. The third kappa shape index (κ3) is 2.59. The summed E-state index contributed by atoms with van der Waals surface area (Å²) < 4.78 is 4.79. The summed E-state index contributed by atoms with van der Waals surface area (Å²) in [5.74, 6) is 1.69. The lowest BCUT2D eigenvalue weighted by Gasteiger charge is -2.61. The van der Waals surface area contributed by atoms with Gasteiger partial charge in [-0.05, 0) is 85.9 Å². The first kappa shape index (κ1) is 18.5. The molecular weight excluding hydrogens is 328 g/mol. The van der Waals surface area contributed by atoms with Crippen LogP contribution < -0.4 is 0 Å². The minimum absolute atomic E-state index is 0.0503. The van der Waals surface area contributed by atoms with E-state index in [1.165, 1.54) is 13.5 Å². The van der Waals surface area contributed by atoms with E-state index in [0.717, 1.165) is 50.5 Å². The Balaban J connectivity index is 1.60. The van der Waals surface area contributed by atoms with Crippen molar-refractivity contribution in [3.63, 3.8) is 0 Å². The van der Waals surface area contributed by atoms with E-state index in [1.54, 1.807) is 6.08 Å². The maximum absolute atomic E-state index is 11.6. The third-order valence-corrected chi connectivity index (χ3v) is 9.05. The van der Waals surface area contributed by atoms with Crippen molar-refractivity contribution < 1.29 is 19.7 Å². The number of hydrogen-bond acceptors (Lipinski definition) is 4. The van der Waals surface area contributed by atoms with Gasteiger partial charge in [0, 0.05) is 6.08 Å². The van der Waals surface area contributed by atoms with E-state index in [1.807, 2.05) is 0 Å². The summed E-state index contributed by atoms with van der Waals surface area (Å²) in [6, 6.07) is 0. The largest absolute Gasteiger partial charge is 0.466 e. The van der Waals surface area contributed by atoms with Gasteiger partial charge in [-0.2, -0.15) is 0 Å². The lowest BCUT2D eigenvalue weighted by atomic mass is 9.44. The SMILES string of the molecule is COC(=O)/C=C1/CC[C@@]2(C)[C@H](C1)[C@@H](O)C[C@@H]1[C@@H]2CC[C@]2(C)[C@@H](O)CC[C@@H]12. The summed E-state index contributed by atoms with van der Waals surface area (Å²) in [6.45, 7) is 4.67. The Hall–Kier alpha value is -0.870. The second-order valence-corrected chi connectivity index (χ2v) is 9.96. The molecule has 0 amide bonds. The Morgan fingerprint density at radius 2 is 1.81 bits per heavy atom. The molecule has 0 bridgehead atoms. The maximum Gasteiger partial charge on any atom is 0.330 e. The molecule has 146 valence electrons. The number of allylic oxidation sites excluding steroid dienone is 1. The van der Waals surface area contributed by atoms with Crippen molar-refractivity contribution in [3.05, 3.63) is 11.6 Å². The zero-order valence-corrected chi connectivity index (χ0v) is 16.4. The first-order chi connectivity index (χ1) is 12.3. The van der Waals surface area contributed by atoms with Gasteiger partial charge in [-0.25, -0.2) is 4.79 Å². The van der Waals surface area contributed by atoms with Crippen LogP contribution in [0, 0.1) is 34.5 Å². The fourth-order valence-electron chi connectivity index (χ4n) is 7.48. The minimum atomic E-state index is -0.303. The average Bonchev–Trinajstić information content (AvgIpc) is 2.91. The summed E-state index contributed by atoms with van der Waals surface area (Å²) in [7, 11) is 1.42. The monoisotopic (exact) mass is 362 g/mol. The van der Waals surface area contributed by atoms with Gasteiger partial charge < -0.3 is 14.9 Å². The number of carbonyl (C=O) groups is 1. The van der Waals surface area contributed by atoms with E-state index in [0.29, 0.717) is 17.8 Å². The molecule has 4 aliphatic carbocycles. The second kappa shape index (κ2) is 6.34. The van der Waals surface area contributed by atoms with Crippen molar-refractivity contribution in [2.75, 3.05) is 7.11 Å². The lowest BCUT2D eigenvalue weighted by molar-refractivity contribution is -0.157. The number of hydrogen-bond donors (Lipinski definition) is 2.